The number of anilines is 1. The molecule has 84 valence electrons. The summed E-state index contributed by atoms with van der Waals surface area (Å²) in [7, 11) is 1.91. The van der Waals surface area contributed by atoms with Gasteiger partial charge < -0.3 is 4.90 Å². The Morgan fingerprint density at radius 2 is 1.93 bits per heavy atom. The van der Waals surface area contributed by atoms with Crippen LogP contribution in [0.1, 0.15) is 27.7 Å². The molecule has 0 spiro atoms. The Morgan fingerprint density at radius 3 is 2.40 bits per heavy atom. The van der Waals surface area contributed by atoms with E-state index in [1.165, 1.54) is 12.4 Å². The van der Waals surface area contributed by atoms with Gasteiger partial charge in [0.15, 0.2) is 0 Å². The van der Waals surface area contributed by atoms with Crippen LogP contribution in [0.25, 0.3) is 0 Å². The monoisotopic (exact) mass is 211 g/mol. The van der Waals surface area contributed by atoms with Crippen LogP contribution in [-0.2, 0) is 0 Å². The van der Waals surface area contributed by atoms with Crippen molar-refractivity contribution in [1.29, 1.82) is 0 Å². The number of aromatic nitrogens is 2. The van der Waals surface area contributed by atoms with Crippen LogP contribution in [0.2, 0.25) is 0 Å². The van der Waals surface area contributed by atoms with E-state index in [1.54, 1.807) is 0 Å². The molecule has 0 aliphatic rings. The average Bonchev–Trinajstić information content (AvgIpc) is 2.14. The minimum Gasteiger partial charge on any atom is -0.356 e. The molecule has 3 nitrogen and oxygen atoms in total. The van der Waals surface area contributed by atoms with Crippen LogP contribution < -0.4 is 4.90 Å². The van der Waals surface area contributed by atoms with Crippen molar-refractivity contribution in [3.8, 4) is 0 Å². The third-order valence-electron chi connectivity index (χ3n) is 2.81. The molecule has 1 atom stereocenters. The predicted molar refractivity (Wildman–Crippen MR) is 59.3 cm³/mol. The number of hydrogen-bond acceptors (Lipinski definition) is 3. The summed E-state index contributed by atoms with van der Waals surface area (Å²) in [5, 5.41) is 0. The summed E-state index contributed by atoms with van der Waals surface area (Å²) in [6, 6.07) is 1.62. The summed E-state index contributed by atoms with van der Waals surface area (Å²) < 4.78 is 12.9. The van der Waals surface area contributed by atoms with Crippen LogP contribution in [0.15, 0.2) is 12.4 Å². The van der Waals surface area contributed by atoms with Crippen LogP contribution in [0.4, 0.5) is 10.2 Å². The molecule has 4 heteroatoms. The molecule has 1 heterocycles. The molecule has 0 saturated heterocycles. The van der Waals surface area contributed by atoms with Crippen molar-refractivity contribution in [2.75, 3.05) is 11.9 Å². The lowest BCUT2D eigenvalue weighted by molar-refractivity contribution is 0.328. The highest BCUT2D eigenvalue weighted by atomic mass is 19.1. The Hall–Kier alpha value is -1.19. The van der Waals surface area contributed by atoms with Crippen molar-refractivity contribution in [2.45, 2.75) is 33.7 Å². The summed E-state index contributed by atoms with van der Waals surface area (Å²) in [6.45, 7) is 8.53. The molecule has 1 rings (SSSR count). The molecular formula is C11H18FN3. The maximum Gasteiger partial charge on any atom is 0.218 e. The first-order valence-corrected chi connectivity index (χ1v) is 5.02. The lowest BCUT2D eigenvalue weighted by atomic mass is 9.87. The quantitative estimate of drug-likeness (QED) is 0.704. The Morgan fingerprint density at radius 1 is 1.33 bits per heavy atom. The Kier molecular flexibility index (Phi) is 3.27. The molecule has 1 aromatic rings. The van der Waals surface area contributed by atoms with Crippen LogP contribution >= 0.6 is 0 Å². The SMILES string of the molecule is CC(N(C)c1cc(F)ncn1)C(C)(C)C. The highest BCUT2D eigenvalue weighted by Gasteiger charge is 2.24. The number of nitrogens with zero attached hydrogens (tertiary/aromatic N) is 3. The van der Waals surface area contributed by atoms with Crippen LogP contribution in [0.5, 0.6) is 0 Å². The van der Waals surface area contributed by atoms with E-state index in [9.17, 15) is 4.39 Å². The van der Waals surface area contributed by atoms with Gasteiger partial charge in [0, 0.05) is 19.2 Å². The first-order valence-electron chi connectivity index (χ1n) is 5.02. The molecule has 0 aliphatic carbocycles. The minimum absolute atomic E-state index is 0.121. The number of rotatable bonds is 2. The van der Waals surface area contributed by atoms with Gasteiger partial charge in [-0.05, 0) is 12.3 Å². The molecule has 0 aliphatic heterocycles. The van der Waals surface area contributed by atoms with E-state index in [-0.39, 0.29) is 11.5 Å². The first kappa shape index (κ1) is 11.9. The zero-order valence-corrected chi connectivity index (χ0v) is 9.95. The van der Waals surface area contributed by atoms with E-state index in [0.29, 0.717) is 5.82 Å². The molecular weight excluding hydrogens is 193 g/mol. The highest BCUT2D eigenvalue weighted by molar-refractivity contribution is 5.37. The Labute approximate surface area is 90.4 Å². The number of halogens is 1. The molecule has 0 bridgehead atoms. The van der Waals surface area contributed by atoms with Crippen molar-refractivity contribution in [2.24, 2.45) is 5.41 Å². The first-order chi connectivity index (χ1) is 6.82. The van der Waals surface area contributed by atoms with Crippen LogP contribution in [0.3, 0.4) is 0 Å². The second-order valence-corrected chi connectivity index (χ2v) is 4.85. The van der Waals surface area contributed by atoms with Gasteiger partial charge >= 0.3 is 0 Å². The van der Waals surface area contributed by atoms with Gasteiger partial charge in [-0.1, -0.05) is 20.8 Å². The third kappa shape index (κ3) is 2.88. The van der Waals surface area contributed by atoms with E-state index in [2.05, 4.69) is 37.7 Å². The normalized spacial score (nSPS) is 13.7. The van der Waals surface area contributed by atoms with Gasteiger partial charge in [-0.2, -0.15) is 4.39 Å². The van der Waals surface area contributed by atoms with E-state index >= 15 is 0 Å². The fourth-order valence-corrected chi connectivity index (χ4v) is 1.30. The molecule has 0 radical (unpaired) electrons. The zero-order valence-electron chi connectivity index (χ0n) is 9.95. The molecule has 1 aromatic heterocycles. The molecule has 0 amide bonds. The third-order valence-corrected chi connectivity index (χ3v) is 2.81. The smallest absolute Gasteiger partial charge is 0.218 e. The van der Waals surface area contributed by atoms with E-state index in [0.717, 1.165) is 0 Å². The summed E-state index contributed by atoms with van der Waals surface area (Å²) in [5.74, 6) is 0.123. The topological polar surface area (TPSA) is 29.0 Å². The molecule has 0 saturated carbocycles. The van der Waals surface area contributed by atoms with E-state index < -0.39 is 5.95 Å². The van der Waals surface area contributed by atoms with Crippen LogP contribution in [0, 0.1) is 11.4 Å². The van der Waals surface area contributed by atoms with Crippen LogP contribution in [-0.4, -0.2) is 23.1 Å². The lowest BCUT2D eigenvalue weighted by Crippen LogP contribution is -2.39. The summed E-state index contributed by atoms with van der Waals surface area (Å²) >= 11 is 0. The van der Waals surface area contributed by atoms with Gasteiger partial charge in [-0.3, -0.25) is 0 Å². The fourth-order valence-electron chi connectivity index (χ4n) is 1.30. The van der Waals surface area contributed by atoms with Gasteiger partial charge in [-0.25, -0.2) is 9.97 Å². The van der Waals surface area contributed by atoms with Gasteiger partial charge in [0.1, 0.15) is 12.1 Å². The van der Waals surface area contributed by atoms with Crippen molar-refractivity contribution < 1.29 is 4.39 Å². The predicted octanol–water partition coefficient (Wildman–Crippen LogP) is 2.49. The Bertz CT molecular complexity index is 333. The zero-order chi connectivity index (χ0) is 11.6. The average molecular weight is 211 g/mol. The summed E-state index contributed by atoms with van der Waals surface area (Å²) in [4.78, 5) is 9.45. The molecule has 1 unspecified atom stereocenters. The second-order valence-electron chi connectivity index (χ2n) is 4.85. The Balaban J connectivity index is 2.90. The maximum absolute atomic E-state index is 12.9. The van der Waals surface area contributed by atoms with Crippen molar-refractivity contribution in [3.63, 3.8) is 0 Å². The summed E-state index contributed by atoms with van der Waals surface area (Å²) in [6.07, 6.45) is 1.25. The highest BCUT2D eigenvalue weighted by Crippen LogP contribution is 2.25. The maximum atomic E-state index is 12.9. The molecule has 0 fully saturated rings. The van der Waals surface area contributed by atoms with Crippen molar-refractivity contribution in [1.82, 2.24) is 9.97 Å². The summed E-state index contributed by atoms with van der Waals surface area (Å²) in [5.41, 5.74) is 0.121. The van der Waals surface area contributed by atoms with Gasteiger partial charge in [0.2, 0.25) is 5.95 Å². The van der Waals surface area contributed by atoms with Gasteiger partial charge in [-0.15, -0.1) is 0 Å². The second kappa shape index (κ2) is 4.13. The van der Waals surface area contributed by atoms with Crippen molar-refractivity contribution in [3.05, 3.63) is 18.3 Å². The van der Waals surface area contributed by atoms with E-state index in [4.69, 9.17) is 0 Å². The standard InChI is InChI=1S/C11H18FN3/c1-8(11(2,3)4)15(5)10-6-9(12)13-7-14-10/h6-8H,1-5H3. The lowest BCUT2D eigenvalue weighted by Gasteiger charge is -2.35. The van der Waals surface area contributed by atoms with E-state index in [1.807, 2.05) is 11.9 Å². The molecule has 15 heavy (non-hydrogen) atoms. The number of hydrogen-bond donors (Lipinski definition) is 0. The molecule has 0 N–H and O–H groups in total. The minimum atomic E-state index is -0.493. The van der Waals surface area contributed by atoms with Gasteiger partial charge in [0.05, 0.1) is 0 Å². The van der Waals surface area contributed by atoms with Gasteiger partial charge in [0.25, 0.3) is 0 Å². The fraction of sp³-hybridized carbons (Fsp3) is 0.636. The largest absolute Gasteiger partial charge is 0.356 e. The van der Waals surface area contributed by atoms with Crippen molar-refractivity contribution >= 4 is 5.82 Å². The molecule has 0 aromatic carbocycles.